The second-order valence-corrected chi connectivity index (χ2v) is 6.31. The number of nitrogens with one attached hydrogen (secondary N) is 1. The normalized spacial score (nSPS) is 12.4. The minimum Gasteiger partial charge on any atom is -0.467 e. The summed E-state index contributed by atoms with van der Waals surface area (Å²) in [6.07, 6.45) is 1.17. The Labute approximate surface area is 132 Å². The molecule has 0 unspecified atom stereocenters. The number of aromatic nitrogens is 1. The van der Waals surface area contributed by atoms with E-state index in [-0.39, 0.29) is 6.42 Å². The zero-order valence-corrected chi connectivity index (χ0v) is 14.1. The number of hydrogen-bond donors (Lipinski definition) is 1. The van der Waals surface area contributed by atoms with Gasteiger partial charge in [-0.2, -0.15) is 0 Å². The van der Waals surface area contributed by atoms with Crippen LogP contribution in [0.4, 0.5) is 4.79 Å². The lowest BCUT2D eigenvalue weighted by molar-refractivity contribution is -0.143. The summed E-state index contributed by atoms with van der Waals surface area (Å²) in [7, 11) is 1.26. The van der Waals surface area contributed by atoms with Crippen LogP contribution in [0.5, 0.6) is 0 Å². The highest BCUT2D eigenvalue weighted by atomic mass is 79.9. The number of rotatable bonds is 4. The first-order valence-corrected chi connectivity index (χ1v) is 7.18. The summed E-state index contributed by atoms with van der Waals surface area (Å²) >= 11 is 3.28. The van der Waals surface area contributed by atoms with Crippen LogP contribution in [-0.2, 0) is 20.7 Å². The highest BCUT2D eigenvalue weighted by Gasteiger charge is 2.25. The first-order valence-electron chi connectivity index (χ1n) is 6.39. The van der Waals surface area contributed by atoms with Crippen molar-refractivity contribution in [2.45, 2.75) is 38.8 Å². The van der Waals surface area contributed by atoms with Gasteiger partial charge in [0.2, 0.25) is 0 Å². The zero-order valence-electron chi connectivity index (χ0n) is 12.5. The molecule has 0 radical (unpaired) electrons. The maximum atomic E-state index is 11.8. The van der Waals surface area contributed by atoms with Gasteiger partial charge in [0.05, 0.1) is 7.11 Å². The quantitative estimate of drug-likeness (QED) is 0.836. The van der Waals surface area contributed by atoms with Gasteiger partial charge in [0.15, 0.2) is 0 Å². The predicted molar refractivity (Wildman–Crippen MR) is 80.8 cm³/mol. The van der Waals surface area contributed by atoms with Crippen molar-refractivity contribution in [1.82, 2.24) is 10.3 Å². The van der Waals surface area contributed by atoms with Crippen LogP contribution in [-0.4, -0.2) is 35.8 Å². The van der Waals surface area contributed by atoms with E-state index in [4.69, 9.17) is 9.47 Å². The van der Waals surface area contributed by atoms with Gasteiger partial charge in [0, 0.05) is 22.8 Å². The number of amides is 1. The summed E-state index contributed by atoms with van der Waals surface area (Å²) in [5, 5.41) is 2.50. The Morgan fingerprint density at radius 2 is 2.05 bits per heavy atom. The Morgan fingerprint density at radius 3 is 2.52 bits per heavy atom. The Bertz CT molecular complexity index is 497. The molecule has 21 heavy (non-hydrogen) atoms. The summed E-state index contributed by atoms with van der Waals surface area (Å²) in [6.45, 7) is 5.24. The molecule has 0 spiro atoms. The van der Waals surface area contributed by atoms with Crippen LogP contribution in [0.1, 0.15) is 26.5 Å². The Balaban J connectivity index is 2.74. The predicted octanol–water partition coefficient (Wildman–Crippen LogP) is 2.45. The lowest BCUT2D eigenvalue weighted by atomic mass is 10.1. The van der Waals surface area contributed by atoms with Crippen LogP contribution in [0.3, 0.4) is 0 Å². The molecule has 7 heteroatoms. The molecule has 1 amide bonds. The molecule has 116 valence electrons. The van der Waals surface area contributed by atoms with Crippen molar-refractivity contribution < 1.29 is 19.1 Å². The first kappa shape index (κ1) is 17.4. The van der Waals surface area contributed by atoms with Gasteiger partial charge in [-0.1, -0.05) is 0 Å². The second kappa shape index (κ2) is 7.40. The molecular weight excluding hydrogens is 340 g/mol. The van der Waals surface area contributed by atoms with Crippen molar-refractivity contribution in [2.24, 2.45) is 0 Å². The average molecular weight is 359 g/mol. The monoisotopic (exact) mass is 358 g/mol. The van der Waals surface area contributed by atoms with Gasteiger partial charge in [0.1, 0.15) is 11.6 Å². The van der Waals surface area contributed by atoms with Gasteiger partial charge >= 0.3 is 12.1 Å². The Kier molecular flexibility index (Phi) is 6.14. The fraction of sp³-hybridized carbons (Fsp3) is 0.500. The third-order valence-electron chi connectivity index (χ3n) is 2.38. The number of carbonyl (C=O) groups excluding carboxylic acids is 2. The number of halogens is 1. The summed E-state index contributed by atoms with van der Waals surface area (Å²) in [5.74, 6) is -0.550. The third kappa shape index (κ3) is 6.57. The number of pyridine rings is 1. The van der Waals surface area contributed by atoms with E-state index in [1.54, 1.807) is 33.0 Å². The smallest absolute Gasteiger partial charge is 0.408 e. The molecule has 0 bridgehead atoms. The minimum absolute atomic E-state index is 0.221. The van der Waals surface area contributed by atoms with Gasteiger partial charge in [-0.3, -0.25) is 4.98 Å². The summed E-state index contributed by atoms with van der Waals surface area (Å²) in [5.41, 5.74) is 0.0188. The molecule has 1 N–H and O–H groups in total. The van der Waals surface area contributed by atoms with Crippen molar-refractivity contribution in [3.05, 3.63) is 28.5 Å². The van der Waals surface area contributed by atoms with E-state index in [1.807, 2.05) is 6.07 Å². The average Bonchev–Trinajstić information content (AvgIpc) is 2.37. The lowest BCUT2D eigenvalue weighted by Gasteiger charge is -2.22. The molecule has 0 saturated heterocycles. The van der Waals surface area contributed by atoms with E-state index in [0.29, 0.717) is 5.69 Å². The van der Waals surface area contributed by atoms with E-state index < -0.39 is 23.7 Å². The van der Waals surface area contributed by atoms with E-state index in [2.05, 4.69) is 26.2 Å². The molecule has 0 aliphatic carbocycles. The molecule has 0 aliphatic heterocycles. The molecule has 0 aliphatic rings. The number of esters is 1. The molecular formula is C14H19BrN2O4. The fourth-order valence-corrected chi connectivity index (χ4v) is 1.76. The first-order chi connectivity index (χ1) is 9.71. The van der Waals surface area contributed by atoms with E-state index in [1.165, 1.54) is 7.11 Å². The largest absolute Gasteiger partial charge is 0.467 e. The number of ether oxygens (including phenoxy) is 2. The molecule has 0 aromatic carbocycles. The molecule has 0 saturated carbocycles. The molecule has 1 heterocycles. The van der Waals surface area contributed by atoms with E-state index in [0.717, 1.165) is 4.47 Å². The van der Waals surface area contributed by atoms with E-state index in [9.17, 15) is 9.59 Å². The summed E-state index contributed by atoms with van der Waals surface area (Å²) in [4.78, 5) is 27.7. The van der Waals surface area contributed by atoms with Crippen molar-refractivity contribution in [1.29, 1.82) is 0 Å². The van der Waals surface area contributed by atoms with Crippen molar-refractivity contribution in [3.8, 4) is 0 Å². The molecule has 0 fully saturated rings. The maximum absolute atomic E-state index is 11.8. The van der Waals surface area contributed by atoms with Gasteiger partial charge in [-0.15, -0.1) is 0 Å². The fourth-order valence-electron chi connectivity index (χ4n) is 1.52. The molecule has 6 nitrogen and oxygen atoms in total. The highest BCUT2D eigenvalue weighted by Crippen LogP contribution is 2.11. The van der Waals surface area contributed by atoms with Crippen molar-refractivity contribution in [2.75, 3.05) is 7.11 Å². The minimum atomic E-state index is -0.849. The highest BCUT2D eigenvalue weighted by molar-refractivity contribution is 9.10. The molecule has 1 aromatic rings. The third-order valence-corrected chi connectivity index (χ3v) is 2.85. The molecule has 1 atom stereocenters. The van der Waals surface area contributed by atoms with Crippen LogP contribution in [0.15, 0.2) is 22.8 Å². The molecule has 1 rings (SSSR count). The number of hydrogen-bond acceptors (Lipinski definition) is 5. The summed E-state index contributed by atoms with van der Waals surface area (Å²) in [6, 6.07) is 2.72. The van der Waals surface area contributed by atoms with Crippen molar-refractivity contribution in [3.63, 3.8) is 0 Å². The SMILES string of the molecule is COC(=O)[C@H](Cc1ccc(Br)cn1)NC(=O)OC(C)(C)C. The van der Waals surface area contributed by atoms with Gasteiger partial charge < -0.3 is 14.8 Å². The number of alkyl carbamates (subject to hydrolysis) is 1. The van der Waals surface area contributed by atoms with Crippen LogP contribution in [0, 0.1) is 0 Å². The number of nitrogens with zero attached hydrogens (tertiary/aromatic N) is 1. The number of carbonyl (C=O) groups is 2. The standard InChI is InChI=1S/C14H19BrN2O4/c1-14(2,3)21-13(19)17-11(12(18)20-4)7-10-6-5-9(15)8-16-10/h5-6,8,11H,7H2,1-4H3,(H,17,19)/t11-/m0/s1. The van der Waals surface area contributed by atoms with Crippen molar-refractivity contribution >= 4 is 28.0 Å². The van der Waals surface area contributed by atoms with Gasteiger partial charge in [0.25, 0.3) is 0 Å². The van der Waals surface area contributed by atoms with Crippen LogP contribution < -0.4 is 5.32 Å². The topological polar surface area (TPSA) is 77.5 Å². The second-order valence-electron chi connectivity index (χ2n) is 5.39. The van der Waals surface area contributed by atoms with Gasteiger partial charge in [-0.05, 0) is 48.8 Å². The van der Waals surface area contributed by atoms with Crippen LogP contribution in [0.2, 0.25) is 0 Å². The van der Waals surface area contributed by atoms with Crippen LogP contribution in [0.25, 0.3) is 0 Å². The Morgan fingerprint density at radius 1 is 1.38 bits per heavy atom. The molecule has 1 aromatic heterocycles. The van der Waals surface area contributed by atoms with Crippen LogP contribution >= 0.6 is 15.9 Å². The number of methoxy groups -OCH3 is 1. The maximum Gasteiger partial charge on any atom is 0.408 e. The zero-order chi connectivity index (χ0) is 16.0. The Hall–Kier alpha value is -1.63. The van der Waals surface area contributed by atoms with Gasteiger partial charge in [-0.25, -0.2) is 9.59 Å². The lowest BCUT2D eigenvalue weighted by Crippen LogP contribution is -2.45. The van der Waals surface area contributed by atoms with E-state index >= 15 is 0 Å². The summed E-state index contributed by atoms with van der Waals surface area (Å²) < 4.78 is 10.7.